The minimum Gasteiger partial charge on any atom is -0.466 e. The molecule has 0 saturated carbocycles. The number of carbonyl (C=O) groups excluding carboxylic acids is 1. The van der Waals surface area contributed by atoms with Crippen LogP contribution >= 0.6 is 0 Å². The van der Waals surface area contributed by atoms with Gasteiger partial charge in [-0.3, -0.25) is 4.79 Å². The summed E-state index contributed by atoms with van der Waals surface area (Å²) in [5.41, 5.74) is 1.50. The number of aliphatic hydroxyl groups excluding tert-OH is 1. The fourth-order valence-corrected chi connectivity index (χ4v) is 1.77. The number of aryl methyl sites for hydroxylation is 2. The molecule has 17 heavy (non-hydrogen) atoms. The number of amides is 1. The molecule has 0 saturated heterocycles. The van der Waals surface area contributed by atoms with Gasteiger partial charge in [-0.15, -0.1) is 0 Å². The highest BCUT2D eigenvalue weighted by Crippen LogP contribution is 2.20. The van der Waals surface area contributed by atoms with E-state index in [1.165, 1.54) is 0 Å². The molecular formula is C13H21NO3. The molecule has 0 fully saturated rings. The molecule has 0 aromatic carbocycles. The lowest BCUT2D eigenvalue weighted by Crippen LogP contribution is -2.27. The largest absolute Gasteiger partial charge is 0.466 e. The van der Waals surface area contributed by atoms with E-state index in [1.54, 1.807) is 6.92 Å². The number of hydrogen-bond acceptors (Lipinski definition) is 3. The van der Waals surface area contributed by atoms with Crippen LogP contribution in [0.5, 0.6) is 0 Å². The number of hydrogen-bond donors (Lipinski definition) is 2. The Labute approximate surface area is 102 Å². The molecule has 0 radical (unpaired) electrons. The highest BCUT2D eigenvalue weighted by Gasteiger charge is 2.18. The van der Waals surface area contributed by atoms with E-state index in [-0.39, 0.29) is 12.0 Å². The van der Waals surface area contributed by atoms with E-state index >= 15 is 0 Å². The van der Waals surface area contributed by atoms with E-state index in [9.17, 15) is 9.90 Å². The molecule has 1 amide bonds. The maximum absolute atomic E-state index is 11.9. The van der Waals surface area contributed by atoms with Crippen molar-refractivity contribution in [3.05, 3.63) is 22.6 Å². The number of aliphatic hydroxyl groups is 1. The van der Waals surface area contributed by atoms with Gasteiger partial charge < -0.3 is 14.8 Å². The van der Waals surface area contributed by atoms with Crippen LogP contribution in [0.15, 0.2) is 4.42 Å². The Morgan fingerprint density at radius 1 is 1.35 bits per heavy atom. The van der Waals surface area contributed by atoms with Crippen molar-refractivity contribution < 1.29 is 14.3 Å². The Morgan fingerprint density at radius 2 is 2.00 bits per heavy atom. The molecule has 2 N–H and O–H groups in total. The third-order valence-electron chi connectivity index (χ3n) is 3.02. The first kappa shape index (κ1) is 13.8. The predicted molar refractivity (Wildman–Crippen MR) is 66.2 cm³/mol. The summed E-state index contributed by atoms with van der Waals surface area (Å²) in [6.07, 6.45) is 0.944. The van der Waals surface area contributed by atoms with Gasteiger partial charge >= 0.3 is 0 Å². The first-order valence-electron chi connectivity index (χ1n) is 6.00. The summed E-state index contributed by atoms with van der Waals surface area (Å²) in [6.45, 7) is 7.91. The minimum absolute atomic E-state index is 0.125. The van der Waals surface area contributed by atoms with Crippen molar-refractivity contribution in [1.29, 1.82) is 0 Å². The Hall–Kier alpha value is -1.29. The molecule has 1 atom stereocenters. The van der Waals surface area contributed by atoms with E-state index in [4.69, 9.17) is 4.42 Å². The second-order valence-corrected chi connectivity index (χ2v) is 4.32. The zero-order valence-corrected chi connectivity index (χ0v) is 11.0. The zero-order valence-electron chi connectivity index (χ0n) is 11.0. The molecule has 1 aromatic rings. The third-order valence-corrected chi connectivity index (χ3v) is 3.02. The first-order valence-corrected chi connectivity index (χ1v) is 6.00. The topological polar surface area (TPSA) is 62.5 Å². The summed E-state index contributed by atoms with van der Waals surface area (Å²) in [7, 11) is 0. The quantitative estimate of drug-likeness (QED) is 0.827. The number of furan rings is 1. The molecule has 1 rings (SSSR count). The number of rotatable bonds is 5. The van der Waals surface area contributed by atoms with Crippen LogP contribution in [0.2, 0.25) is 0 Å². The van der Waals surface area contributed by atoms with Crippen LogP contribution in [-0.2, 0) is 0 Å². The molecule has 1 aromatic heterocycles. The van der Waals surface area contributed by atoms with Gasteiger partial charge in [-0.1, -0.05) is 6.92 Å². The maximum Gasteiger partial charge on any atom is 0.255 e. The van der Waals surface area contributed by atoms with E-state index in [0.717, 1.165) is 11.3 Å². The molecule has 4 heteroatoms. The summed E-state index contributed by atoms with van der Waals surface area (Å²) < 4.78 is 5.40. The average molecular weight is 239 g/mol. The molecule has 4 nitrogen and oxygen atoms in total. The summed E-state index contributed by atoms with van der Waals surface area (Å²) in [5.74, 6) is 1.30. The average Bonchev–Trinajstić information content (AvgIpc) is 2.52. The highest BCUT2D eigenvalue weighted by atomic mass is 16.3. The van der Waals surface area contributed by atoms with Crippen molar-refractivity contribution in [2.45, 2.75) is 46.6 Å². The van der Waals surface area contributed by atoms with Crippen molar-refractivity contribution in [3.8, 4) is 0 Å². The van der Waals surface area contributed by atoms with Crippen molar-refractivity contribution in [2.75, 3.05) is 6.54 Å². The molecule has 0 aliphatic carbocycles. The van der Waals surface area contributed by atoms with Gasteiger partial charge in [0.15, 0.2) is 0 Å². The van der Waals surface area contributed by atoms with E-state index in [1.807, 2.05) is 20.8 Å². The fraction of sp³-hybridized carbons (Fsp3) is 0.615. The van der Waals surface area contributed by atoms with Gasteiger partial charge in [0.2, 0.25) is 0 Å². The van der Waals surface area contributed by atoms with E-state index < -0.39 is 0 Å². The monoisotopic (exact) mass is 239 g/mol. The zero-order chi connectivity index (χ0) is 13.0. The SMILES string of the molecule is CCC(O)CCNC(=O)c1c(C)oc(C)c1C. The van der Waals surface area contributed by atoms with Crippen molar-refractivity contribution in [1.82, 2.24) is 5.32 Å². The second-order valence-electron chi connectivity index (χ2n) is 4.32. The van der Waals surface area contributed by atoms with Crippen LogP contribution in [0.4, 0.5) is 0 Å². The molecule has 0 aliphatic rings. The minimum atomic E-state index is -0.344. The van der Waals surface area contributed by atoms with Gasteiger partial charge in [0.05, 0.1) is 11.7 Å². The summed E-state index contributed by atoms with van der Waals surface area (Å²) >= 11 is 0. The van der Waals surface area contributed by atoms with Crippen LogP contribution in [0.1, 0.15) is 47.2 Å². The van der Waals surface area contributed by atoms with Gasteiger partial charge in [0, 0.05) is 12.1 Å². The molecule has 96 valence electrons. The normalized spacial score (nSPS) is 12.5. The molecule has 0 spiro atoms. The number of nitrogens with one attached hydrogen (secondary N) is 1. The smallest absolute Gasteiger partial charge is 0.255 e. The second kappa shape index (κ2) is 5.87. The van der Waals surface area contributed by atoms with Gasteiger partial charge in [-0.2, -0.15) is 0 Å². The predicted octanol–water partition coefficient (Wildman–Crippen LogP) is 2.10. The van der Waals surface area contributed by atoms with Gasteiger partial charge in [0.1, 0.15) is 11.5 Å². The Kier molecular flexibility index (Phi) is 4.75. The number of carbonyl (C=O) groups is 1. The Morgan fingerprint density at radius 3 is 2.47 bits per heavy atom. The van der Waals surface area contributed by atoms with Crippen LogP contribution in [-0.4, -0.2) is 23.7 Å². The van der Waals surface area contributed by atoms with Crippen LogP contribution in [0, 0.1) is 20.8 Å². The van der Waals surface area contributed by atoms with Crippen LogP contribution in [0.3, 0.4) is 0 Å². The van der Waals surface area contributed by atoms with Crippen LogP contribution in [0.25, 0.3) is 0 Å². The van der Waals surface area contributed by atoms with Crippen molar-refractivity contribution >= 4 is 5.91 Å². The molecule has 0 aliphatic heterocycles. The standard InChI is InChI=1S/C13H21NO3/c1-5-11(15)6-7-14-13(16)12-8(2)9(3)17-10(12)4/h11,15H,5-7H2,1-4H3,(H,14,16). The van der Waals surface area contributed by atoms with Gasteiger partial charge in [-0.25, -0.2) is 0 Å². The Balaban J connectivity index is 2.58. The molecular weight excluding hydrogens is 218 g/mol. The highest BCUT2D eigenvalue weighted by molar-refractivity contribution is 5.96. The van der Waals surface area contributed by atoms with E-state index in [0.29, 0.717) is 30.7 Å². The summed E-state index contributed by atoms with van der Waals surface area (Å²) in [4.78, 5) is 11.9. The first-order chi connectivity index (χ1) is 7.97. The molecule has 1 heterocycles. The molecule has 0 bridgehead atoms. The third kappa shape index (κ3) is 3.33. The lowest BCUT2D eigenvalue weighted by atomic mass is 10.1. The van der Waals surface area contributed by atoms with Crippen LogP contribution < -0.4 is 5.32 Å². The Bertz CT molecular complexity index is 396. The van der Waals surface area contributed by atoms with Gasteiger partial charge in [0.25, 0.3) is 5.91 Å². The van der Waals surface area contributed by atoms with Gasteiger partial charge in [-0.05, 0) is 33.6 Å². The maximum atomic E-state index is 11.9. The molecule has 1 unspecified atom stereocenters. The summed E-state index contributed by atoms with van der Waals surface area (Å²) in [5, 5.41) is 12.2. The van der Waals surface area contributed by atoms with Crippen molar-refractivity contribution in [3.63, 3.8) is 0 Å². The summed E-state index contributed by atoms with van der Waals surface area (Å²) in [6, 6.07) is 0. The lowest BCUT2D eigenvalue weighted by molar-refractivity contribution is 0.0940. The fourth-order valence-electron chi connectivity index (χ4n) is 1.77. The van der Waals surface area contributed by atoms with E-state index in [2.05, 4.69) is 5.32 Å². The van der Waals surface area contributed by atoms with Crippen molar-refractivity contribution in [2.24, 2.45) is 0 Å². The lowest BCUT2D eigenvalue weighted by Gasteiger charge is -2.08.